The third-order valence-electron chi connectivity index (χ3n) is 3.21. The van der Waals surface area contributed by atoms with Crippen LogP contribution in [0.25, 0.3) is 0 Å². The molecule has 1 aliphatic heterocycles. The molecule has 0 aliphatic carbocycles. The van der Waals surface area contributed by atoms with E-state index in [1.807, 2.05) is 30.3 Å². The van der Waals surface area contributed by atoms with E-state index in [0.29, 0.717) is 5.56 Å². The number of cyclic esters (lactones) is 2. The maximum Gasteiger partial charge on any atom is 0.347 e. The van der Waals surface area contributed by atoms with Crippen LogP contribution in [-0.2, 0) is 4.74 Å². The number of carbonyl (C=O) groups is 2. The van der Waals surface area contributed by atoms with Gasteiger partial charge < -0.3 is 4.74 Å². The first-order valence-electron chi connectivity index (χ1n) is 6.39. The minimum atomic E-state index is -0.626. The first-order valence-corrected chi connectivity index (χ1v) is 6.39. The fourth-order valence-electron chi connectivity index (χ4n) is 2.13. The second kappa shape index (κ2) is 5.20. The van der Waals surface area contributed by atoms with Crippen molar-refractivity contribution in [2.75, 3.05) is 12.1 Å². The van der Waals surface area contributed by atoms with Crippen LogP contribution in [0.4, 0.5) is 5.69 Å². The van der Waals surface area contributed by atoms with Gasteiger partial charge in [-0.3, -0.25) is 5.01 Å². The molecule has 0 unspecified atom stereocenters. The third-order valence-corrected chi connectivity index (χ3v) is 3.21. The van der Waals surface area contributed by atoms with Crippen molar-refractivity contribution in [3.63, 3.8) is 0 Å². The van der Waals surface area contributed by atoms with E-state index in [0.717, 1.165) is 5.69 Å². The lowest BCUT2D eigenvalue weighted by Gasteiger charge is -2.12. The molecule has 21 heavy (non-hydrogen) atoms. The van der Waals surface area contributed by atoms with Gasteiger partial charge in [-0.25, -0.2) is 9.59 Å². The maximum absolute atomic E-state index is 11.7. The molecule has 0 saturated heterocycles. The van der Waals surface area contributed by atoms with Gasteiger partial charge in [0.25, 0.3) is 0 Å². The Balaban J connectivity index is 1.91. The number of hydrazone groups is 1. The van der Waals surface area contributed by atoms with Crippen LogP contribution in [0.5, 0.6) is 0 Å². The summed E-state index contributed by atoms with van der Waals surface area (Å²) in [7, 11) is 1.80. The minimum absolute atomic E-state index is 0.271. The average Bonchev–Trinajstić information content (AvgIpc) is 2.81. The Kier molecular flexibility index (Phi) is 3.23. The van der Waals surface area contributed by atoms with Crippen molar-refractivity contribution >= 4 is 23.8 Å². The molecule has 0 atom stereocenters. The van der Waals surface area contributed by atoms with Gasteiger partial charge in [-0.05, 0) is 18.2 Å². The number of hydrogen-bond donors (Lipinski definition) is 0. The molecule has 0 bridgehead atoms. The Morgan fingerprint density at radius 3 is 2.52 bits per heavy atom. The van der Waals surface area contributed by atoms with Crippen molar-refractivity contribution < 1.29 is 14.3 Å². The summed E-state index contributed by atoms with van der Waals surface area (Å²) in [6, 6.07) is 14.6. The molecule has 0 amide bonds. The molecule has 0 spiro atoms. The number of para-hydroxylation sites is 1. The third kappa shape index (κ3) is 2.41. The molecule has 5 nitrogen and oxygen atoms in total. The van der Waals surface area contributed by atoms with Crippen LogP contribution < -0.4 is 5.01 Å². The molecule has 1 heterocycles. The van der Waals surface area contributed by atoms with Crippen LogP contribution in [-0.4, -0.2) is 25.2 Å². The molecular formula is C16H12N2O3. The van der Waals surface area contributed by atoms with Crippen LogP contribution >= 0.6 is 0 Å². The Bertz CT molecular complexity index is 738. The molecule has 0 radical (unpaired) electrons. The van der Waals surface area contributed by atoms with Crippen LogP contribution in [0.15, 0.2) is 53.6 Å². The fourth-order valence-corrected chi connectivity index (χ4v) is 2.13. The van der Waals surface area contributed by atoms with Crippen LogP contribution in [0, 0.1) is 0 Å². The SMILES string of the molecule is CN(/N=C\c1cccc2c1C(=O)OC2=O)c1ccccc1. The molecule has 0 N–H and O–H groups in total. The number of benzene rings is 2. The predicted molar refractivity (Wildman–Crippen MR) is 78.6 cm³/mol. The summed E-state index contributed by atoms with van der Waals surface area (Å²) < 4.78 is 4.61. The smallest absolute Gasteiger partial charge is 0.347 e. The number of nitrogens with zero attached hydrogens (tertiary/aromatic N) is 2. The lowest BCUT2D eigenvalue weighted by Crippen LogP contribution is -2.09. The summed E-state index contributed by atoms with van der Waals surface area (Å²) in [5.41, 5.74) is 2.03. The molecule has 0 fully saturated rings. The van der Waals surface area contributed by atoms with Gasteiger partial charge in [0, 0.05) is 12.6 Å². The second-order valence-electron chi connectivity index (χ2n) is 4.55. The average molecular weight is 280 g/mol. The van der Waals surface area contributed by atoms with E-state index >= 15 is 0 Å². The molecular weight excluding hydrogens is 268 g/mol. The zero-order chi connectivity index (χ0) is 14.8. The van der Waals surface area contributed by atoms with Gasteiger partial charge in [0.15, 0.2) is 0 Å². The molecule has 0 aromatic heterocycles. The Labute approximate surface area is 121 Å². The van der Waals surface area contributed by atoms with E-state index in [4.69, 9.17) is 0 Å². The number of carbonyl (C=O) groups excluding carboxylic acids is 2. The highest BCUT2D eigenvalue weighted by Gasteiger charge is 2.31. The number of hydrogen-bond acceptors (Lipinski definition) is 5. The van der Waals surface area contributed by atoms with E-state index in [2.05, 4.69) is 9.84 Å². The zero-order valence-corrected chi connectivity index (χ0v) is 11.3. The van der Waals surface area contributed by atoms with E-state index in [1.165, 1.54) is 0 Å². The molecule has 104 valence electrons. The van der Waals surface area contributed by atoms with Crippen molar-refractivity contribution in [1.82, 2.24) is 0 Å². The summed E-state index contributed by atoms with van der Waals surface area (Å²) >= 11 is 0. The van der Waals surface area contributed by atoms with Crippen molar-refractivity contribution in [2.45, 2.75) is 0 Å². The van der Waals surface area contributed by atoms with Crippen LogP contribution in [0.3, 0.4) is 0 Å². The van der Waals surface area contributed by atoms with E-state index in [-0.39, 0.29) is 11.1 Å². The lowest BCUT2D eigenvalue weighted by atomic mass is 10.0. The molecule has 3 rings (SSSR count). The Morgan fingerprint density at radius 2 is 1.76 bits per heavy atom. The van der Waals surface area contributed by atoms with Crippen molar-refractivity contribution in [1.29, 1.82) is 0 Å². The van der Waals surface area contributed by atoms with Gasteiger partial charge in [0.05, 0.1) is 23.0 Å². The van der Waals surface area contributed by atoms with Gasteiger partial charge >= 0.3 is 11.9 Å². The maximum atomic E-state index is 11.7. The van der Waals surface area contributed by atoms with Gasteiger partial charge in [-0.15, -0.1) is 0 Å². The largest absolute Gasteiger partial charge is 0.386 e. The van der Waals surface area contributed by atoms with Crippen molar-refractivity contribution in [2.24, 2.45) is 5.10 Å². The Morgan fingerprint density at radius 1 is 1.00 bits per heavy atom. The summed E-state index contributed by atoms with van der Waals surface area (Å²) in [5.74, 6) is -1.24. The number of esters is 2. The predicted octanol–water partition coefficient (Wildman–Crippen LogP) is 2.47. The standard InChI is InChI=1S/C16H12N2O3/c1-18(12-7-3-2-4-8-12)17-10-11-6-5-9-13-14(11)16(20)21-15(13)19/h2-10H,1H3/b17-10-. The Hall–Kier alpha value is -2.95. The minimum Gasteiger partial charge on any atom is -0.386 e. The van der Waals surface area contributed by atoms with Crippen LogP contribution in [0.1, 0.15) is 26.3 Å². The van der Waals surface area contributed by atoms with Gasteiger partial charge in [-0.1, -0.05) is 30.3 Å². The van der Waals surface area contributed by atoms with Crippen molar-refractivity contribution in [3.8, 4) is 0 Å². The molecule has 2 aromatic rings. The zero-order valence-electron chi connectivity index (χ0n) is 11.3. The summed E-state index contributed by atoms with van der Waals surface area (Å²) in [6.45, 7) is 0. The topological polar surface area (TPSA) is 59.0 Å². The highest BCUT2D eigenvalue weighted by molar-refractivity contribution is 6.18. The van der Waals surface area contributed by atoms with Crippen LogP contribution in [0.2, 0.25) is 0 Å². The summed E-state index contributed by atoms with van der Waals surface area (Å²) in [4.78, 5) is 23.2. The van der Waals surface area contributed by atoms with E-state index in [1.54, 1.807) is 36.5 Å². The molecule has 5 heteroatoms. The lowest BCUT2D eigenvalue weighted by molar-refractivity contribution is 0.0444. The second-order valence-corrected chi connectivity index (χ2v) is 4.55. The quantitative estimate of drug-likeness (QED) is 0.375. The van der Waals surface area contributed by atoms with E-state index in [9.17, 15) is 9.59 Å². The van der Waals surface area contributed by atoms with Gasteiger partial charge in [0.2, 0.25) is 0 Å². The first-order chi connectivity index (χ1) is 10.2. The summed E-state index contributed by atoms with van der Waals surface area (Å²) in [6.07, 6.45) is 1.55. The van der Waals surface area contributed by atoms with Gasteiger partial charge in [-0.2, -0.15) is 5.10 Å². The first kappa shape index (κ1) is 13.1. The number of fused-ring (bicyclic) bond motifs is 1. The van der Waals surface area contributed by atoms with Crippen molar-refractivity contribution in [3.05, 3.63) is 65.2 Å². The highest BCUT2D eigenvalue weighted by atomic mass is 16.6. The monoisotopic (exact) mass is 280 g/mol. The molecule has 1 aliphatic rings. The normalized spacial score (nSPS) is 13.4. The summed E-state index contributed by atoms with van der Waals surface area (Å²) in [5, 5.41) is 5.97. The molecule has 0 saturated carbocycles. The number of rotatable bonds is 3. The molecule has 2 aromatic carbocycles. The number of anilines is 1. The van der Waals surface area contributed by atoms with Gasteiger partial charge in [0.1, 0.15) is 0 Å². The number of ether oxygens (including phenoxy) is 1. The fraction of sp³-hybridized carbons (Fsp3) is 0.0625. The van der Waals surface area contributed by atoms with E-state index < -0.39 is 11.9 Å². The highest BCUT2D eigenvalue weighted by Crippen LogP contribution is 2.22.